The highest BCUT2D eigenvalue weighted by atomic mass is 32.1. The fourth-order valence-electron chi connectivity index (χ4n) is 4.09. The molecule has 1 aromatic heterocycles. The van der Waals surface area contributed by atoms with Crippen LogP contribution >= 0.6 is 11.3 Å². The van der Waals surface area contributed by atoms with E-state index in [1.807, 2.05) is 11.3 Å². The molecule has 1 nitrogen and oxygen atoms in total. The topological polar surface area (TPSA) is 12.0 Å². The van der Waals surface area contributed by atoms with Crippen molar-refractivity contribution in [3.63, 3.8) is 0 Å². The van der Waals surface area contributed by atoms with Gasteiger partial charge in [-0.25, -0.2) is 0 Å². The summed E-state index contributed by atoms with van der Waals surface area (Å²) in [5.41, 5.74) is 2.09. The van der Waals surface area contributed by atoms with Gasteiger partial charge in [0.2, 0.25) is 0 Å². The molecule has 0 aliphatic heterocycles. The number of hydrogen-bond donors (Lipinski definition) is 1. The van der Waals surface area contributed by atoms with E-state index in [1.165, 1.54) is 50.5 Å². The van der Waals surface area contributed by atoms with E-state index in [0.29, 0.717) is 11.5 Å². The van der Waals surface area contributed by atoms with Crippen molar-refractivity contribution in [1.29, 1.82) is 0 Å². The standard InChI is InChI=1S/C17H29NS/c1-14(2)12-17(9-4-5-10-17)16(18-3)7-6-15-8-11-19-13-15/h8,11,13-14,16,18H,4-7,9-10,12H2,1-3H3. The van der Waals surface area contributed by atoms with Crippen LogP contribution in [0.15, 0.2) is 16.8 Å². The zero-order chi connectivity index (χ0) is 13.7. The van der Waals surface area contributed by atoms with Gasteiger partial charge in [-0.05, 0) is 72.9 Å². The van der Waals surface area contributed by atoms with Crippen molar-refractivity contribution in [3.8, 4) is 0 Å². The van der Waals surface area contributed by atoms with Gasteiger partial charge in [-0.1, -0.05) is 26.7 Å². The van der Waals surface area contributed by atoms with Gasteiger partial charge in [-0.2, -0.15) is 11.3 Å². The summed E-state index contributed by atoms with van der Waals surface area (Å²) < 4.78 is 0. The molecule has 19 heavy (non-hydrogen) atoms. The van der Waals surface area contributed by atoms with Crippen molar-refractivity contribution in [2.75, 3.05) is 7.05 Å². The largest absolute Gasteiger partial charge is 0.316 e. The highest BCUT2D eigenvalue weighted by molar-refractivity contribution is 7.07. The molecule has 1 aliphatic rings. The van der Waals surface area contributed by atoms with Crippen molar-refractivity contribution in [2.24, 2.45) is 11.3 Å². The van der Waals surface area contributed by atoms with Crippen molar-refractivity contribution < 1.29 is 0 Å². The van der Waals surface area contributed by atoms with Crippen LogP contribution < -0.4 is 5.32 Å². The average molecular weight is 279 g/mol. The molecule has 1 atom stereocenters. The van der Waals surface area contributed by atoms with Gasteiger partial charge in [-0.3, -0.25) is 0 Å². The van der Waals surface area contributed by atoms with Gasteiger partial charge >= 0.3 is 0 Å². The molecular formula is C17H29NS. The molecule has 1 aliphatic carbocycles. The van der Waals surface area contributed by atoms with Gasteiger partial charge < -0.3 is 5.32 Å². The predicted octanol–water partition coefficient (Wildman–Crippen LogP) is 4.88. The highest BCUT2D eigenvalue weighted by Gasteiger charge is 2.40. The maximum Gasteiger partial charge on any atom is 0.0124 e. The molecule has 1 aromatic rings. The molecular weight excluding hydrogens is 250 g/mol. The number of hydrogen-bond acceptors (Lipinski definition) is 2. The van der Waals surface area contributed by atoms with E-state index in [2.05, 4.69) is 43.0 Å². The van der Waals surface area contributed by atoms with Gasteiger partial charge in [0, 0.05) is 6.04 Å². The monoisotopic (exact) mass is 279 g/mol. The molecule has 0 bridgehead atoms. The fourth-order valence-corrected chi connectivity index (χ4v) is 4.79. The van der Waals surface area contributed by atoms with Crippen molar-refractivity contribution >= 4 is 11.3 Å². The van der Waals surface area contributed by atoms with Gasteiger partial charge in [0.1, 0.15) is 0 Å². The molecule has 0 radical (unpaired) electrons. The van der Waals surface area contributed by atoms with Gasteiger partial charge in [-0.15, -0.1) is 0 Å². The van der Waals surface area contributed by atoms with Gasteiger partial charge in [0.05, 0.1) is 0 Å². The highest BCUT2D eigenvalue weighted by Crippen LogP contribution is 2.47. The van der Waals surface area contributed by atoms with E-state index >= 15 is 0 Å². The average Bonchev–Trinajstić information content (AvgIpc) is 3.01. The lowest BCUT2D eigenvalue weighted by Gasteiger charge is -2.39. The Balaban J connectivity index is 2.00. The third-order valence-electron chi connectivity index (χ3n) is 4.80. The second kappa shape index (κ2) is 6.90. The maximum atomic E-state index is 3.66. The molecule has 2 rings (SSSR count). The summed E-state index contributed by atoms with van der Waals surface area (Å²) in [5.74, 6) is 0.815. The van der Waals surface area contributed by atoms with Crippen molar-refractivity contribution in [3.05, 3.63) is 22.4 Å². The number of rotatable bonds is 7. The summed E-state index contributed by atoms with van der Waals surface area (Å²) in [6.07, 6.45) is 9.64. The Labute approximate surface area is 122 Å². The lowest BCUT2D eigenvalue weighted by atomic mass is 9.71. The van der Waals surface area contributed by atoms with E-state index in [9.17, 15) is 0 Å². The number of nitrogens with one attached hydrogen (secondary N) is 1. The molecule has 0 spiro atoms. The van der Waals surface area contributed by atoms with Crippen LogP contribution in [0.3, 0.4) is 0 Å². The van der Waals surface area contributed by atoms with Crippen LogP contribution in [0.2, 0.25) is 0 Å². The Kier molecular flexibility index (Phi) is 5.47. The third kappa shape index (κ3) is 3.82. The molecule has 1 heterocycles. The molecule has 1 N–H and O–H groups in total. The quantitative estimate of drug-likeness (QED) is 0.750. The van der Waals surface area contributed by atoms with E-state index in [1.54, 1.807) is 0 Å². The zero-order valence-electron chi connectivity index (χ0n) is 12.7. The summed E-state index contributed by atoms with van der Waals surface area (Å²) in [6.45, 7) is 4.76. The van der Waals surface area contributed by atoms with Crippen LogP contribution in [-0.2, 0) is 6.42 Å². The number of thiophene rings is 1. The summed E-state index contributed by atoms with van der Waals surface area (Å²) in [7, 11) is 2.17. The lowest BCUT2D eigenvalue weighted by Crippen LogP contribution is -2.43. The van der Waals surface area contributed by atoms with Crippen LogP contribution in [-0.4, -0.2) is 13.1 Å². The van der Waals surface area contributed by atoms with Gasteiger partial charge in [0.15, 0.2) is 0 Å². The van der Waals surface area contributed by atoms with E-state index in [0.717, 1.165) is 5.92 Å². The summed E-state index contributed by atoms with van der Waals surface area (Å²) in [4.78, 5) is 0. The van der Waals surface area contributed by atoms with E-state index in [-0.39, 0.29) is 0 Å². The van der Waals surface area contributed by atoms with Crippen LogP contribution in [0.25, 0.3) is 0 Å². The smallest absolute Gasteiger partial charge is 0.0124 e. The molecule has 1 saturated carbocycles. The zero-order valence-corrected chi connectivity index (χ0v) is 13.6. The van der Waals surface area contributed by atoms with Gasteiger partial charge in [0.25, 0.3) is 0 Å². The molecule has 0 amide bonds. The predicted molar refractivity (Wildman–Crippen MR) is 85.8 cm³/mol. The summed E-state index contributed by atoms with van der Waals surface area (Å²) >= 11 is 1.82. The van der Waals surface area contributed by atoms with Crippen LogP contribution in [0.5, 0.6) is 0 Å². The Morgan fingerprint density at radius 1 is 1.32 bits per heavy atom. The SMILES string of the molecule is CNC(CCc1ccsc1)C1(CC(C)C)CCCC1. The Morgan fingerprint density at radius 2 is 2.05 bits per heavy atom. The van der Waals surface area contributed by atoms with Crippen LogP contribution in [0.4, 0.5) is 0 Å². The summed E-state index contributed by atoms with van der Waals surface area (Å²) in [5, 5.41) is 8.16. The molecule has 108 valence electrons. The normalized spacial score (nSPS) is 20.0. The first-order valence-electron chi connectivity index (χ1n) is 7.84. The third-order valence-corrected chi connectivity index (χ3v) is 5.54. The minimum absolute atomic E-state index is 0.568. The molecule has 1 fully saturated rings. The van der Waals surface area contributed by atoms with Crippen LogP contribution in [0, 0.1) is 11.3 Å². The van der Waals surface area contributed by atoms with Crippen molar-refractivity contribution in [2.45, 2.75) is 64.8 Å². The first kappa shape index (κ1) is 15.1. The maximum absolute atomic E-state index is 3.66. The van der Waals surface area contributed by atoms with Crippen LogP contribution in [0.1, 0.15) is 57.9 Å². The molecule has 2 heteroatoms. The first-order chi connectivity index (χ1) is 9.16. The molecule has 0 saturated heterocycles. The minimum atomic E-state index is 0.568. The minimum Gasteiger partial charge on any atom is -0.316 e. The Bertz CT molecular complexity index is 349. The van der Waals surface area contributed by atoms with E-state index in [4.69, 9.17) is 0 Å². The Morgan fingerprint density at radius 3 is 2.58 bits per heavy atom. The first-order valence-corrected chi connectivity index (χ1v) is 8.79. The molecule has 1 unspecified atom stereocenters. The summed E-state index contributed by atoms with van der Waals surface area (Å²) in [6, 6.07) is 2.97. The van der Waals surface area contributed by atoms with E-state index < -0.39 is 0 Å². The lowest BCUT2D eigenvalue weighted by molar-refractivity contribution is 0.154. The number of aryl methyl sites for hydroxylation is 1. The molecule has 0 aromatic carbocycles. The van der Waals surface area contributed by atoms with Crippen molar-refractivity contribution in [1.82, 2.24) is 5.32 Å². The second-order valence-electron chi connectivity index (χ2n) is 6.68. The fraction of sp³-hybridized carbons (Fsp3) is 0.765. The second-order valence-corrected chi connectivity index (χ2v) is 7.46. The Hall–Kier alpha value is -0.340.